The van der Waals surface area contributed by atoms with Gasteiger partial charge in [-0.2, -0.15) is 0 Å². The molecule has 2 N–H and O–H groups in total. The van der Waals surface area contributed by atoms with Crippen LogP contribution in [0.4, 0.5) is 0 Å². The minimum atomic E-state index is -1.20. The minimum Gasteiger partial charge on any atom is -0.369 e. The van der Waals surface area contributed by atoms with Crippen molar-refractivity contribution in [2.45, 2.75) is 52.9 Å². The van der Waals surface area contributed by atoms with Gasteiger partial charge in [0.25, 0.3) is 0 Å². The molecule has 21 heavy (non-hydrogen) atoms. The van der Waals surface area contributed by atoms with Crippen molar-refractivity contribution in [3.05, 3.63) is 24.8 Å². The molecule has 120 valence electrons. The average Bonchev–Trinajstić information content (AvgIpc) is 2.46. The van der Waals surface area contributed by atoms with Crippen LogP contribution in [0.5, 0.6) is 0 Å². The first kappa shape index (κ1) is 19.4. The van der Waals surface area contributed by atoms with Crippen LogP contribution in [0, 0.1) is 5.41 Å². The highest BCUT2D eigenvalue weighted by Crippen LogP contribution is 2.30. The minimum absolute atomic E-state index is 0.194. The summed E-state index contributed by atoms with van der Waals surface area (Å²) >= 11 is 0. The van der Waals surface area contributed by atoms with E-state index in [1.807, 2.05) is 26.0 Å². The van der Waals surface area contributed by atoms with Crippen molar-refractivity contribution in [3.8, 4) is 0 Å². The lowest BCUT2D eigenvalue weighted by Gasteiger charge is -2.32. The summed E-state index contributed by atoms with van der Waals surface area (Å²) in [5, 5.41) is 0. The second-order valence-electron chi connectivity index (χ2n) is 5.23. The summed E-state index contributed by atoms with van der Waals surface area (Å²) in [6.07, 6.45) is 9.33. The molecule has 4 heteroatoms. The van der Waals surface area contributed by atoms with Gasteiger partial charge in [-0.05, 0) is 33.1 Å². The van der Waals surface area contributed by atoms with E-state index in [0.717, 1.165) is 19.3 Å². The number of hydrogen-bond donors (Lipinski definition) is 1. The molecule has 0 heterocycles. The molecule has 0 spiro atoms. The molecule has 0 aromatic heterocycles. The summed E-state index contributed by atoms with van der Waals surface area (Å²) in [6.45, 7) is 10.7. The predicted molar refractivity (Wildman–Crippen MR) is 87.7 cm³/mol. The number of carbonyl (C=O) groups excluding carboxylic acids is 2. The van der Waals surface area contributed by atoms with E-state index in [1.54, 1.807) is 11.0 Å². The van der Waals surface area contributed by atoms with E-state index in [9.17, 15) is 9.59 Å². The molecular weight excluding hydrogens is 264 g/mol. The molecule has 0 fully saturated rings. The molecular formula is C17H30N2O2. The largest absolute Gasteiger partial charge is 0.369 e. The van der Waals surface area contributed by atoms with E-state index in [2.05, 4.69) is 13.5 Å². The molecule has 0 aliphatic carbocycles. The lowest BCUT2D eigenvalue weighted by Crippen LogP contribution is -2.51. The quantitative estimate of drug-likeness (QED) is 0.361. The monoisotopic (exact) mass is 294 g/mol. The smallest absolute Gasteiger partial charge is 0.238 e. The van der Waals surface area contributed by atoms with Gasteiger partial charge in [-0.3, -0.25) is 9.59 Å². The fourth-order valence-electron chi connectivity index (χ4n) is 2.35. The Bertz CT molecular complexity index is 373. The molecule has 0 radical (unpaired) electrons. The van der Waals surface area contributed by atoms with Crippen molar-refractivity contribution in [1.29, 1.82) is 0 Å². The fourth-order valence-corrected chi connectivity index (χ4v) is 2.35. The van der Waals surface area contributed by atoms with E-state index < -0.39 is 11.3 Å². The van der Waals surface area contributed by atoms with E-state index >= 15 is 0 Å². The Morgan fingerprint density at radius 1 is 1.14 bits per heavy atom. The van der Waals surface area contributed by atoms with Crippen LogP contribution < -0.4 is 5.73 Å². The van der Waals surface area contributed by atoms with Gasteiger partial charge in [0.05, 0.1) is 0 Å². The van der Waals surface area contributed by atoms with Crippen molar-refractivity contribution in [1.82, 2.24) is 4.90 Å². The van der Waals surface area contributed by atoms with Crippen LogP contribution in [-0.2, 0) is 9.59 Å². The van der Waals surface area contributed by atoms with E-state index in [1.165, 1.54) is 0 Å². The topological polar surface area (TPSA) is 63.4 Å². The van der Waals surface area contributed by atoms with Crippen LogP contribution in [0.2, 0.25) is 0 Å². The highest BCUT2D eigenvalue weighted by molar-refractivity contribution is 6.04. The van der Waals surface area contributed by atoms with Gasteiger partial charge in [0.1, 0.15) is 5.41 Å². The summed E-state index contributed by atoms with van der Waals surface area (Å²) in [5.74, 6) is -0.764. The maximum atomic E-state index is 12.7. The number of rotatable bonds is 11. The Kier molecular flexibility index (Phi) is 9.42. The fraction of sp³-hybridized carbons (Fsp3) is 0.647. The Hall–Kier alpha value is -1.58. The van der Waals surface area contributed by atoms with Gasteiger partial charge in [-0.15, -0.1) is 6.58 Å². The van der Waals surface area contributed by atoms with Gasteiger partial charge < -0.3 is 10.6 Å². The molecule has 0 aromatic rings. The molecule has 0 saturated heterocycles. The molecule has 0 aliphatic heterocycles. The summed E-state index contributed by atoms with van der Waals surface area (Å²) < 4.78 is 0. The Balaban J connectivity index is 5.24. The van der Waals surface area contributed by atoms with Gasteiger partial charge in [0.2, 0.25) is 11.8 Å². The molecule has 1 unspecified atom stereocenters. The van der Waals surface area contributed by atoms with E-state index in [-0.39, 0.29) is 12.3 Å². The zero-order valence-electron chi connectivity index (χ0n) is 13.7. The number of allylic oxidation sites excluding steroid dienone is 3. The first-order chi connectivity index (χ1) is 9.99. The van der Waals surface area contributed by atoms with Crippen LogP contribution in [0.15, 0.2) is 24.8 Å². The van der Waals surface area contributed by atoms with Crippen molar-refractivity contribution in [2.75, 3.05) is 13.1 Å². The molecule has 0 aromatic carbocycles. The predicted octanol–water partition coefficient (Wildman–Crippen LogP) is 3.04. The first-order valence-electron chi connectivity index (χ1n) is 7.85. The number of unbranched alkanes of at least 4 members (excludes halogenated alkanes) is 2. The van der Waals surface area contributed by atoms with Crippen LogP contribution in [0.25, 0.3) is 0 Å². The number of primary amides is 1. The lowest BCUT2D eigenvalue weighted by atomic mass is 9.78. The van der Waals surface area contributed by atoms with Crippen LogP contribution in [0.1, 0.15) is 52.9 Å². The standard InChI is InChI=1S/C17H30N2O2/c1-5-9-10-11-12-14-17(13-6-2,15(18)20)16(21)19(7-3)8-4/h6,11-12H,2,5,7-10,13-14H2,1,3-4H3,(H2,18,20). The SMILES string of the molecule is C=CCC(CC=CCCCC)(C(N)=O)C(=O)N(CC)CC. The first-order valence-corrected chi connectivity index (χ1v) is 7.85. The van der Waals surface area contributed by atoms with Crippen molar-refractivity contribution in [3.63, 3.8) is 0 Å². The van der Waals surface area contributed by atoms with Crippen LogP contribution in [0.3, 0.4) is 0 Å². The number of amides is 2. The third kappa shape index (κ3) is 5.37. The maximum Gasteiger partial charge on any atom is 0.238 e. The summed E-state index contributed by atoms with van der Waals surface area (Å²) in [6, 6.07) is 0. The molecule has 4 nitrogen and oxygen atoms in total. The lowest BCUT2D eigenvalue weighted by molar-refractivity contribution is -0.148. The van der Waals surface area contributed by atoms with Crippen molar-refractivity contribution >= 4 is 11.8 Å². The maximum absolute atomic E-state index is 12.7. The van der Waals surface area contributed by atoms with Crippen molar-refractivity contribution in [2.24, 2.45) is 11.1 Å². The van der Waals surface area contributed by atoms with Gasteiger partial charge in [0, 0.05) is 13.1 Å². The Morgan fingerprint density at radius 3 is 2.19 bits per heavy atom. The number of hydrogen-bond acceptors (Lipinski definition) is 2. The molecule has 0 bridgehead atoms. The average molecular weight is 294 g/mol. The second kappa shape index (κ2) is 10.2. The Morgan fingerprint density at radius 2 is 1.76 bits per heavy atom. The zero-order valence-corrected chi connectivity index (χ0v) is 13.7. The van der Waals surface area contributed by atoms with E-state index in [0.29, 0.717) is 19.5 Å². The van der Waals surface area contributed by atoms with Crippen LogP contribution in [-0.4, -0.2) is 29.8 Å². The molecule has 0 rings (SSSR count). The third-order valence-electron chi connectivity index (χ3n) is 3.78. The highest BCUT2D eigenvalue weighted by Gasteiger charge is 2.44. The van der Waals surface area contributed by atoms with Gasteiger partial charge in [-0.25, -0.2) is 0 Å². The highest BCUT2D eigenvalue weighted by atomic mass is 16.2. The Labute approximate surface area is 129 Å². The molecule has 0 saturated carbocycles. The summed E-state index contributed by atoms with van der Waals surface area (Å²) in [5.41, 5.74) is 4.38. The summed E-state index contributed by atoms with van der Waals surface area (Å²) in [4.78, 5) is 26.4. The molecule has 1 atom stereocenters. The number of nitrogens with zero attached hydrogens (tertiary/aromatic N) is 1. The second-order valence-corrected chi connectivity index (χ2v) is 5.23. The molecule has 2 amide bonds. The number of nitrogens with two attached hydrogens (primary N) is 1. The van der Waals surface area contributed by atoms with Gasteiger partial charge >= 0.3 is 0 Å². The zero-order chi connectivity index (χ0) is 16.3. The van der Waals surface area contributed by atoms with Crippen molar-refractivity contribution < 1.29 is 9.59 Å². The number of carbonyl (C=O) groups is 2. The molecule has 0 aliphatic rings. The van der Waals surface area contributed by atoms with Gasteiger partial charge in [0.15, 0.2) is 0 Å². The third-order valence-corrected chi connectivity index (χ3v) is 3.78. The summed E-state index contributed by atoms with van der Waals surface area (Å²) in [7, 11) is 0. The van der Waals surface area contributed by atoms with Crippen LogP contribution >= 0.6 is 0 Å². The van der Waals surface area contributed by atoms with Gasteiger partial charge in [-0.1, -0.05) is 38.0 Å². The normalized spacial score (nSPS) is 13.9. The van der Waals surface area contributed by atoms with E-state index in [4.69, 9.17) is 5.73 Å².